The summed E-state index contributed by atoms with van der Waals surface area (Å²) in [5, 5.41) is 2.06. The molecule has 2 heterocycles. The number of furan rings is 1. The molecule has 0 aliphatic heterocycles. The predicted octanol–water partition coefficient (Wildman–Crippen LogP) is 2.99. The second-order valence-corrected chi connectivity index (χ2v) is 5.91. The maximum absolute atomic E-state index is 12.2. The molecule has 0 aliphatic carbocycles. The summed E-state index contributed by atoms with van der Waals surface area (Å²) < 4.78 is 5.26. The summed E-state index contributed by atoms with van der Waals surface area (Å²) in [5.74, 6) is 0.891. The molecule has 4 nitrogen and oxygen atoms in total. The minimum Gasteiger partial charge on any atom is -0.467 e. The third-order valence-electron chi connectivity index (χ3n) is 3.40. The van der Waals surface area contributed by atoms with Crippen LogP contribution < -0.4 is 0 Å². The van der Waals surface area contributed by atoms with Gasteiger partial charge in [-0.2, -0.15) is 0 Å². The van der Waals surface area contributed by atoms with Gasteiger partial charge in [-0.05, 0) is 37.6 Å². The summed E-state index contributed by atoms with van der Waals surface area (Å²) in [6.07, 6.45) is 1.62. The molecule has 0 bridgehead atoms. The fourth-order valence-corrected chi connectivity index (χ4v) is 2.79. The van der Waals surface area contributed by atoms with Crippen LogP contribution in [-0.4, -0.2) is 36.3 Å². The highest BCUT2D eigenvalue weighted by molar-refractivity contribution is 7.10. The molecule has 0 saturated carbocycles. The second kappa shape index (κ2) is 6.72. The third kappa shape index (κ3) is 3.71. The number of hydrogen-bond donors (Lipinski definition) is 0. The number of thiophene rings is 1. The molecule has 108 valence electrons. The van der Waals surface area contributed by atoms with Crippen molar-refractivity contribution in [3.63, 3.8) is 0 Å². The minimum atomic E-state index is 0.0901. The topological polar surface area (TPSA) is 36.7 Å². The lowest BCUT2D eigenvalue weighted by molar-refractivity contribution is -0.132. The first kappa shape index (κ1) is 14.8. The SMILES string of the molecule is CC(c1cccs1)N(C)CC(=O)N(C)Cc1ccco1. The Hall–Kier alpha value is -1.59. The first-order valence-corrected chi connectivity index (χ1v) is 7.46. The fourth-order valence-electron chi connectivity index (χ4n) is 1.94. The van der Waals surface area contributed by atoms with E-state index in [0.717, 1.165) is 5.76 Å². The Morgan fingerprint density at radius 3 is 2.75 bits per heavy atom. The zero-order valence-corrected chi connectivity index (χ0v) is 12.9. The standard InChI is InChI=1S/C15H20N2O2S/c1-12(14-7-5-9-20-14)16(2)11-15(18)17(3)10-13-6-4-8-19-13/h4-9,12H,10-11H2,1-3H3. The number of nitrogens with zero attached hydrogens (tertiary/aromatic N) is 2. The van der Waals surface area contributed by atoms with Crippen molar-refractivity contribution in [2.75, 3.05) is 20.6 Å². The van der Waals surface area contributed by atoms with Crippen molar-refractivity contribution in [3.8, 4) is 0 Å². The van der Waals surface area contributed by atoms with Gasteiger partial charge < -0.3 is 9.32 Å². The number of likely N-dealkylation sites (N-methyl/N-ethyl adjacent to an activating group) is 2. The molecule has 2 rings (SSSR count). The molecule has 0 aromatic carbocycles. The van der Waals surface area contributed by atoms with E-state index in [1.165, 1.54) is 4.88 Å². The molecule has 20 heavy (non-hydrogen) atoms. The number of carbonyl (C=O) groups is 1. The van der Waals surface area contributed by atoms with Gasteiger partial charge in [0.05, 0.1) is 19.4 Å². The second-order valence-electron chi connectivity index (χ2n) is 4.94. The lowest BCUT2D eigenvalue weighted by Gasteiger charge is -2.25. The molecule has 0 spiro atoms. The normalized spacial score (nSPS) is 12.6. The first-order chi connectivity index (χ1) is 9.58. The highest BCUT2D eigenvalue weighted by Gasteiger charge is 2.18. The molecular formula is C15H20N2O2S. The molecule has 2 aromatic heterocycles. The van der Waals surface area contributed by atoms with E-state index in [1.54, 1.807) is 29.5 Å². The van der Waals surface area contributed by atoms with Crippen LogP contribution in [0.1, 0.15) is 23.6 Å². The van der Waals surface area contributed by atoms with Gasteiger partial charge in [-0.1, -0.05) is 6.07 Å². The van der Waals surface area contributed by atoms with Crippen LogP contribution in [0, 0.1) is 0 Å². The van der Waals surface area contributed by atoms with E-state index in [1.807, 2.05) is 25.2 Å². The number of amides is 1. The molecular weight excluding hydrogens is 272 g/mol. The Labute approximate surface area is 123 Å². The largest absolute Gasteiger partial charge is 0.467 e. The molecule has 2 aromatic rings. The summed E-state index contributed by atoms with van der Waals surface area (Å²) in [7, 11) is 3.78. The van der Waals surface area contributed by atoms with Gasteiger partial charge in [-0.15, -0.1) is 11.3 Å². The predicted molar refractivity (Wildman–Crippen MR) is 80.5 cm³/mol. The maximum atomic E-state index is 12.2. The van der Waals surface area contributed by atoms with Gasteiger partial charge in [0.15, 0.2) is 0 Å². The summed E-state index contributed by atoms with van der Waals surface area (Å²) in [4.78, 5) is 17.2. The van der Waals surface area contributed by atoms with Gasteiger partial charge >= 0.3 is 0 Å². The quantitative estimate of drug-likeness (QED) is 0.821. The molecule has 0 radical (unpaired) electrons. The molecule has 0 fully saturated rings. The Balaban J connectivity index is 1.87. The minimum absolute atomic E-state index is 0.0901. The van der Waals surface area contributed by atoms with Gasteiger partial charge in [0.1, 0.15) is 5.76 Å². The van der Waals surface area contributed by atoms with Crippen LogP contribution in [0.25, 0.3) is 0 Å². The summed E-state index contributed by atoms with van der Waals surface area (Å²) in [6, 6.07) is 8.09. The van der Waals surface area contributed by atoms with E-state index in [-0.39, 0.29) is 11.9 Å². The van der Waals surface area contributed by atoms with Crippen molar-refractivity contribution in [2.45, 2.75) is 19.5 Å². The fraction of sp³-hybridized carbons (Fsp3) is 0.400. The number of hydrogen-bond acceptors (Lipinski definition) is 4. The average molecular weight is 292 g/mol. The van der Waals surface area contributed by atoms with Crippen molar-refractivity contribution in [2.24, 2.45) is 0 Å². The third-order valence-corrected chi connectivity index (χ3v) is 4.44. The molecule has 1 amide bonds. The van der Waals surface area contributed by atoms with Crippen LogP contribution in [0.5, 0.6) is 0 Å². The number of rotatable bonds is 6. The summed E-state index contributed by atoms with van der Waals surface area (Å²) >= 11 is 1.72. The first-order valence-electron chi connectivity index (χ1n) is 6.58. The highest BCUT2D eigenvalue weighted by Crippen LogP contribution is 2.23. The van der Waals surface area contributed by atoms with E-state index in [9.17, 15) is 4.79 Å². The lowest BCUT2D eigenvalue weighted by atomic mass is 10.2. The number of carbonyl (C=O) groups excluding carboxylic acids is 1. The molecule has 5 heteroatoms. The van der Waals surface area contributed by atoms with Crippen molar-refractivity contribution >= 4 is 17.2 Å². The highest BCUT2D eigenvalue weighted by atomic mass is 32.1. The zero-order chi connectivity index (χ0) is 14.5. The molecule has 0 aliphatic rings. The lowest BCUT2D eigenvalue weighted by Crippen LogP contribution is -2.37. The van der Waals surface area contributed by atoms with Crippen molar-refractivity contribution in [3.05, 3.63) is 46.5 Å². The molecule has 0 N–H and O–H groups in total. The van der Waals surface area contributed by atoms with E-state index < -0.39 is 0 Å². The van der Waals surface area contributed by atoms with Gasteiger partial charge in [0.2, 0.25) is 5.91 Å². The van der Waals surface area contributed by atoms with Crippen molar-refractivity contribution in [1.29, 1.82) is 0 Å². The van der Waals surface area contributed by atoms with E-state index in [0.29, 0.717) is 13.1 Å². The Kier molecular flexibility index (Phi) is 4.98. The van der Waals surface area contributed by atoms with Gasteiger partial charge in [-0.25, -0.2) is 0 Å². The van der Waals surface area contributed by atoms with Crippen molar-refractivity contribution < 1.29 is 9.21 Å². The summed E-state index contributed by atoms with van der Waals surface area (Å²) in [6.45, 7) is 3.02. The average Bonchev–Trinajstić information content (AvgIpc) is 3.10. The smallest absolute Gasteiger partial charge is 0.236 e. The van der Waals surface area contributed by atoms with E-state index in [4.69, 9.17) is 4.42 Å². The summed E-state index contributed by atoms with van der Waals surface area (Å²) in [5.41, 5.74) is 0. The van der Waals surface area contributed by atoms with Crippen LogP contribution in [-0.2, 0) is 11.3 Å². The van der Waals surface area contributed by atoms with Crippen LogP contribution in [0.15, 0.2) is 40.3 Å². The Morgan fingerprint density at radius 1 is 1.35 bits per heavy atom. The molecule has 0 saturated heterocycles. The van der Waals surface area contributed by atoms with Gasteiger partial charge in [0.25, 0.3) is 0 Å². The maximum Gasteiger partial charge on any atom is 0.236 e. The van der Waals surface area contributed by atoms with Crippen LogP contribution in [0.3, 0.4) is 0 Å². The Morgan fingerprint density at radius 2 is 2.15 bits per heavy atom. The van der Waals surface area contributed by atoms with Gasteiger partial charge in [0, 0.05) is 18.0 Å². The molecule has 1 atom stereocenters. The Bertz CT molecular complexity index is 522. The van der Waals surface area contributed by atoms with E-state index >= 15 is 0 Å². The van der Waals surface area contributed by atoms with E-state index in [2.05, 4.69) is 23.3 Å². The van der Waals surface area contributed by atoms with Gasteiger partial charge in [-0.3, -0.25) is 9.69 Å². The zero-order valence-electron chi connectivity index (χ0n) is 12.1. The molecule has 1 unspecified atom stereocenters. The van der Waals surface area contributed by atoms with Crippen molar-refractivity contribution in [1.82, 2.24) is 9.80 Å². The van der Waals surface area contributed by atoms with Crippen LogP contribution in [0.2, 0.25) is 0 Å². The van der Waals surface area contributed by atoms with Crippen LogP contribution in [0.4, 0.5) is 0 Å². The van der Waals surface area contributed by atoms with Crippen LogP contribution >= 0.6 is 11.3 Å². The monoisotopic (exact) mass is 292 g/mol.